The fourth-order valence-electron chi connectivity index (χ4n) is 3.85. The average Bonchev–Trinajstić information content (AvgIpc) is 3.14. The Morgan fingerprint density at radius 1 is 1.21 bits per heavy atom. The van der Waals surface area contributed by atoms with E-state index in [0.717, 1.165) is 5.56 Å². The number of nitrogens with zero attached hydrogens (tertiary/aromatic N) is 2. The van der Waals surface area contributed by atoms with Crippen molar-refractivity contribution in [2.45, 2.75) is 12.3 Å². The predicted molar refractivity (Wildman–Crippen MR) is 105 cm³/mol. The molecule has 0 unspecified atom stereocenters. The van der Waals surface area contributed by atoms with Crippen molar-refractivity contribution < 1.29 is 19.1 Å². The molecule has 2 aromatic heterocycles. The summed E-state index contributed by atoms with van der Waals surface area (Å²) in [6, 6.07) is 10.4. The molecule has 7 nitrogen and oxygen atoms in total. The highest BCUT2D eigenvalue weighted by atomic mass is 16.5. The van der Waals surface area contributed by atoms with E-state index in [1.165, 1.54) is 12.3 Å². The molecule has 0 amide bonds. The molecule has 0 saturated heterocycles. The van der Waals surface area contributed by atoms with E-state index < -0.39 is 11.9 Å². The van der Waals surface area contributed by atoms with Crippen molar-refractivity contribution in [2.24, 2.45) is 7.05 Å². The lowest BCUT2D eigenvalue weighted by Crippen LogP contribution is -2.22. The Kier molecular flexibility index (Phi) is 3.77. The summed E-state index contributed by atoms with van der Waals surface area (Å²) in [5.74, 6) is -0.914. The van der Waals surface area contributed by atoms with Gasteiger partial charge in [-0.2, -0.15) is 5.10 Å². The van der Waals surface area contributed by atoms with E-state index >= 15 is 0 Å². The fraction of sp³-hybridized carbons (Fsp3) is 0.136. The number of aromatic hydroxyl groups is 1. The molecule has 1 aliphatic rings. The van der Waals surface area contributed by atoms with E-state index in [1.54, 1.807) is 30.1 Å². The molecule has 7 heteroatoms. The molecule has 1 atom stereocenters. The summed E-state index contributed by atoms with van der Waals surface area (Å²) in [7, 11) is 1.78. The maximum Gasteiger partial charge on any atom is 0.312 e. The number of ether oxygens (including phenoxy) is 1. The Morgan fingerprint density at radius 3 is 2.72 bits per heavy atom. The van der Waals surface area contributed by atoms with E-state index in [0.29, 0.717) is 16.7 Å². The molecular formula is C22H16N2O5. The number of aryl methyl sites for hydroxylation is 1. The molecule has 0 radical (unpaired) electrons. The van der Waals surface area contributed by atoms with Crippen LogP contribution >= 0.6 is 0 Å². The summed E-state index contributed by atoms with van der Waals surface area (Å²) < 4.78 is 12.9. The van der Waals surface area contributed by atoms with Crippen LogP contribution in [0.15, 0.2) is 64.3 Å². The van der Waals surface area contributed by atoms with Gasteiger partial charge in [-0.25, -0.2) is 0 Å². The van der Waals surface area contributed by atoms with Crippen LogP contribution in [0.4, 0.5) is 0 Å². The SMILES string of the molecule is Cn1cc([C@@H]2CC(=O)Oc3cc(O)c4c(=O)c(-c5ccccc5)coc4c32)cn1. The summed E-state index contributed by atoms with van der Waals surface area (Å²) in [6.45, 7) is 0. The number of carbonyl (C=O) groups is 1. The van der Waals surface area contributed by atoms with Crippen molar-refractivity contribution in [3.05, 3.63) is 76.4 Å². The summed E-state index contributed by atoms with van der Waals surface area (Å²) in [6.07, 6.45) is 4.95. The first kappa shape index (κ1) is 17.2. The summed E-state index contributed by atoms with van der Waals surface area (Å²) in [5, 5.41) is 14.8. The van der Waals surface area contributed by atoms with E-state index in [1.807, 2.05) is 24.4 Å². The number of fused-ring (bicyclic) bond motifs is 3. The number of hydrogen-bond donors (Lipinski definition) is 1. The number of rotatable bonds is 2. The maximum atomic E-state index is 13.2. The smallest absolute Gasteiger partial charge is 0.312 e. The quantitative estimate of drug-likeness (QED) is 0.418. The van der Waals surface area contributed by atoms with Crippen molar-refractivity contribution in [3.63, 3.8) is 0 Å². The Morgan fingerprint density at radius 2 is 2.00 bits per heavy atom. The molecule has 1 N–H and O–H groups in total. The predicted octanol–water partition coefficient (Wildman–Crippen LogP) is 3.34. The van der Waals surface area contributed by atoms with Gasteiger partial charge >= 0.3 is 5.97 Å². The largest absolute Gasteiger partial charge is 0.507 e. The van der Waals surface area contributed by atoms with Crippen LogP contribution in [0.1, 0.15) is 23.5 Å². The molecule has 3 heterocycles. The van der Waals surface area contributed by atoms with Gasteiger partial charge in [-0.15, -0.1) is 0 Å². The van der Waals surface area contributed by atoms with Gasteiger partial charge in [0.05, 0.1) is 18.2 Å². The Bertz CT molecular complexity index is 1320. The molecule has 144 valence electrons. The number of esters is 1. The molecular weight excluding hydrogens is 372 g/mol. The molecule has 0 saturated carbocycles. The van der Waals surface area contributed by atoms with Crippen molar-refractivity contribution in [1.82, 2.24) is 9.78 Å². The third-order valence-corrected chi connectivity index (χ3v) is 5.18. The summed E-state index contributed by atoms with van der Waals surface area (Å²) in [5.41, 5.74) is 2.26. The van der Waals surface area contributed by atoms with E-state index in [-0.39, 0.29) is 34.3 Å². The van der Waals surface area contributed by atoms with Crippen LogP contribution in [0.2, 0.25) is 0 Å². The van der Waals surface area contributed by atoms with Crippen molar-refractivity contribution in [3.8, 4) is 22.6 Å². The maximum absolute atomic E-state index is 13.2. The van der Waals surface area contributed by atoms with Gasteiger partial charge in [0.2, 0.25) is 5.43 Å². The zero-order valence-corrected chi connectivity index (χ0v) is 15.5. The second-order valence-electron chi connectivity index (χ2n) is 7.03. The van der Waals surface area contributed by atoms with Crippen LogP contribution in [0, 0.1) is 0 Å². The van der Waals surface area contributed by atoms with Gasteiger partial charge in [-0.05, 0) is 11.1 Å². The molecule has 1 aliphatic heterocycles. The van der Waals surface area contributed by atoms with E-state index in [2.05, 4.69) is 5.10 Å². The minimum Gasteiger partial charge on any atom is -0.507 e. The van der Waals surface area contributed by atoms with Crippen molar-refractivity contribution in [2.75, 3.05) is 0 Å². The van der Waals surface area contributed by atoms with Gasteiger partial charge < -0.3 is 14.3 Å². The molecule has 2 aromatic carbocycles. The van der Waals surface area contributed by atoms with Gasteiger partial charge in [0.1, 0.15) is 28.7 Å². The lowest BCUT2D eigenvalue weighted by atomic mass is 9.86. The van der Waals surface area contributed by atoms with Gasteiger partial charge in [-0.3, -0.25) is 14.3 Å². The third-order valence-electron chi connectivity index (χ3n) is 5.18. The molecule has 0 spiro atoms. The second kappa shape index (κ2) is 6.34. The van der Waals surface area contributed by atoms with Crippen LogP contribution < -0.4 is 10.2 Å². The van der Waals surface area contributed by atoms with Crippen LogP contribution in [-0.2, 0) is 11.8 Å². The van der Waals surface area contributed by atoms with Gasteiger partial charge in [-0.1, -0.05) is 30.3 Å². The third kappa shape index (κ3) is 2.70. The monoisotopic (exact) mass is 388 g/mol. The zero-order chi connectivity index (χ0) is 20.1. The molecule has 0 aliphatic carbocycles. The molecule has 4 aromatic rings. The first-order chi connectivity index (χ1) is 14.0. The highest BCUT2D eigenvalue weighted by Gasteiger charge is 2.34. The normalized spacial score (nSPS) is 15.9. The van der Waals surface area contributed by atoms with Crippen molar-refractivity contribution in [1.29, 1.82) is 0 Å². The lowest BCUT2D eigenvalue weighted by molar-refractivity contribution is -0.135. The second-order valence-corrected chi connectivity index (χ2v) is 7.03. The first-order valence-corrected chi connectivity index (χ1v) is 9.09. The molecule has 0 fully saturated rings. The van der Waals surface area contributed by atoms with Gasteiger partial charge in [0.25, 0.3) is 0 Å². The fourth-order valence-corrected chi connectivity index (χ4v) is 3.85. The Balaban J connectivity index is 1.80. The van der Waals surface area contributed by atoms with Gasteiger partial charge in [0.15, 0.2) is 0 Å². The summed E-state index contributed by atoms with van der Waals surface area (Å²) in [4.78, 5) is 25.3. The highest BCUT2D eigenvalue weighted by molar-refractivity contribution is 5.94. The average molecular weight is 388 g/mol. The first-order valence-electron chi connectivity index (χ1n) is 9.09. The van der Waals surface area contributed by atoms with Crippen LogP contribution in [0.3, 0.4) is 0 Å². The number of benzene rings is 2. The van der Waals surface area contributed by atoms with E-state index in [4.69, 9.17) is 9.15 Å². The van der Waals surface area contributed by atoms with Crippen LogP contribution in [0.5, 0.6) is 11.5 Å². The number of aromatic nitrogens is 2. The number of carbonyl (C=O) groups excluding carboxylic acids is 1. The molecule has 0 bridgehead atoms. The number of hydrogen-bond acceptors (Lipinski definition) is 6. The standard InChI is InChI=1S/C22H16N2O5/c1-24-10-13(9-23-24)14-7-18(26)29-17-8-16(25)20-21(27)15(11-28-22(20)19(14)17)12-5-3-2-4-6-12/h2-6,8-11,14,25H,7H2,1H3/t14-/m0/s1. The Labute approximate surface area is 164 Å². The zero-order valence-electron chi connectivity index (χ0n) is 15.5. The minimum absolute atomic E-state index is 0.0666. The number of phenolic OH excluding ortho intramolecular Hbond substituents is 1. The highest BCUT2D eigenvalue weighted by Crippen LogP contribution is 2.45. The minimum atomic E-state index is -0.423. The number of phenols is 1. The van der Waals surface area contributed by atoms with Crippen molar-refractivity contribution >= 4 is 16.9 Å². The van der Waals surface area contributed by atoms with Crippen LogP contribution in [-0.4, -0.2) is 20.9 Å². The van der Waals surface area contributed by atoms with Gasteiger partial charge in [0, 0.05) is 30.8 Å². The van der Waals surface area contributed by atoms with Crippen LogP contribution in [0.25, 0.3) is 22.1 Å². The topological polar surface area (TPSA) is 94.6 Å². The Hall–Kier alpha value is -3.87. The summed E-state index contributed by atoms with van der Waals surface area (Å²) >= 11 is 0. The molecule has 5 rings (SSSR count). The van der Waals surface area contributed by atoms with E-state index in [9.17, 15) is 14.7 Å². The lowest BCUT2D eigenvalue weighted by Gasteiger charge is -2.24. The molecule has 29 heavy (non-hydrogen) atoms.